The highest BCUT2D eigenvalue weighted by Crippen LogP contribution is 2.31. The molecule has 0 bridgehead atoms. The number of carbonyl (C=O) groups excluding carboxylic acids is 1. The average molecular weight is 574 g/mol. The number of piperidine rings is 1. The van der Waals surface area contributed by atoms with Crippen LogP contribution >= 0.6 is 0 Å². The van der Waals surface area contributed by atoms with E-state index in [0.29, 0.717) is 30.4 Å². The molecule has 2 aliphatic heterocycles. The molecule has 1 amide bonds. The number of nitrogen functional groups attached to an aromatic ring is 1. The molecule has 2 aromatic carbocycles. The first-order valence-electron chi connectivity index (χ1n) is 13.9. The van der Waals surface area contributed by atoms with Crippen molar-refractivity contribution < 1.29 is 18.3 Å². The molecule has 9 nitrogen and oxygen atoms in total. The standard InChI is InChI=1S/C31H33F2N7O2/c1-40-10-6-20(7-11-40)21-3-5-26(27(16-21)37-24-8-12-42-13-9-24)31(41)39-30(35)28-29(34)36-18-25(38-28)4-2-19-14-22(32)17-23(33)15-19/h3,5,14-18,20,24,37H,6-13H2,1H3,(H2,34,36)(H2,35,39,41). The molecule has 11 heteroatoms. The zero-order chi connectivity index (χ0) is 29.6. The molecule has 0 atom stereocenters. The third-order valence-corrected chi connectivity index (χ3v) is 7.53. The number of amides is 1. The van der Waals surface area contributed by atoms with Crippen molar-refractivity contribution in [1.82, 2.24) is 20.2 Å². The van der Waals surface area contributed by atoms with Crippen molar-refractivity contribution in [2.24, 2.45) is 0 Å². The van der Waals surface area contributed by atoms with E-state index in [1.165, 1.54) is 11.8 Å². The summed E-state index contributed by atoms with van der Waals surface area (Å²) in [4.78, 5) is 24.1. The van der Waals surface area contributed by atoms with Crippen LogP contribution in [0.4, 0.5) is 20.3 Å². The van der Waals surface area contributed by atoms with Crippen LogP contribution in [0.3, 0.4) is 0 Å². The van der Waals surface area contributed by atoms with Crippen molar-refractivity contribution in [2.45, 2.75) is 37.6 Å². The van der Waals surface area contributed by atoms with Gasteiger partial charge in [0.25, 0.3) is 5.91 Å². The second-order valence-electron chi connectivity index (χ2n) is 10.6. The number of nitrogens with two attached hydrogens (primary N) is 1. The Morgan fingerprint density at radius 1 is 1.07 bits per heavy atom. The van der Waals surface area contributed by atoms with E-state index in [4.69, 9.17) is 15.9 Å². The summed E-state index contributed by atoms with van der Waals surface area (Å²) in [6.45, 7) is 3.36. The van der Waals surface area contributed by atoms with Crippen molar-refractivity contribution in [3.05, 3.63) is 82.3 Å². The lowest BCUT2D eigenvalue weighted by Crippen LogP contribution is -2.34. The molecule has 218 valence electrons. The highest BCUT2D eigenvalue weighted by Gasteiger charge is 2.23. The van der Waals surface area contributed by atoms with Gasteiger partial charge in [-0.15, -0.1) is 0 Å². The molecule has 5 rings (SSSR count). The molecule has 1 aromatic heterocycles. The molecule has 3 heterocycles. The number of ether oxygens (including phenoxy) is 1. The monoisotopic (exact) mass is 573 g/mol. The number of carbonyl (C=O) groups is 1. The first kappa shape index (κ1) is 29.1. The first-order valence-corrected chi connectivity index (χ1v) is 13.9. The fourth-order valence-corrected chi connectivity index (χ4v) is 5.18. The van der Waals surface area contributed by atoms with E-state index in [1.54, 1.807) is 6.07 Å². The maximum absolute atomic E-state index is 13.5. The number of nitrogens with one attached hydrogen (secondary N) is 3. The van der Waals surface area contributed by atoms with Crippen LogP contribution in [0.2, 0.25) is 0 Å². The molecule has 0 aliphatic carbocycles. The second kappa shape index (κ2) is 13.1. The maximum Gasteiger partial charge on any atom is 0.258 e. The quantitative estimate of drug-likeness (QED) is 0.207. The molecule has 2 aliphatic rings. The molecular formula is C31H33F2N7O2. The number of hydrogen-bond acceptors (Lipinski definition) is 8. The van der Waals surface area contributed by atoms with Gasteiger partial charge < -0.3 is 26.0 Å². The topological polar surface area (TPSA) is 129 Å². The van der Waals surface area contributed by atoms with E-state index in [1.807, 2.05) is 6.07 Å². The van der Waals surface area contributed by atoms with Gasteiger partial charge in [0.2, 0.25) is 0 Å². The normalized spacial score (nSPS) is 16.4. The highest BCUT2D eigenvalue weighted by atomic mass is 19.1. The average Bonchev–Trinajstić information content (AvgIpc) is 2.97. The first-order chi connectivity index (χ1) is 20.2. The fourth-order valence-electron chi connectivity index (χ4n) is 5.18. The Kier molecular flexibility index (Phi) is 9.05. The van der Waals surface area contributed by atoms with Gasteiger partial charge in [-0.2, -0.15) is 0 Å². The lowest BCUT2D eigenvalue weighted by molar-refractivity contribution is 0.0904. The van der Waals surface area contributed by atoms with Crippen LogP contribution in [-0.4, -0.2) is 66.0 Å². The number of rotatable bonds is 5. The van der Waals surface area contributed by atoms with E-state index in [-0.39, 0.29) is 34.6 Å². The van der Waals surface area contributed by atoms with Crippen LogP contribution < -0.4 is 16.4 Å². The van der Waals surface area contributed by atoms with Gasteiger partial charge in [-0.05, 0) is 87.5 Å². The fraction of sp³-hybridized carbons (Fsp3) is 0.355. The summed E-state index contributed by atoms with van der Waals surface area (Å²) in [6, 6.07) is 8.95. The number of hydrogen-bond donors (Lipinski definition) is 4. The summed E-state index contributed by atoms with van der Waals surface area (Å²) in [7, 11) is 2.13. The van der Waals surface area contributed by atoms with Crippen molar-refractivity contribution in [3.63, 3.8) is 0 Å². The molecule has 42 heavy (non-hydrogen) atoms. The minimum absolute atomic E-state index is 0.0672. The SMILES string of the molecule is CN1CCC(c2ccc(C(=O)NC(=N)c3nc(C#Cc4cc(F)cc(F)c4)cnc3N)c(NC3CCOCC3)c2)CC1. The molecule has 3 aromatic rings. The summed E-state index contributed by atoms with van der Waals surface area (Å²) in [6.07, 6.45) is 5.05. The number of likely N-dealkylation sites (tertiary alicyclic amines) is 1. The predicted octanol–water partition coefficient (Wildman–Crippen LogP) is 3.89. The number of benzene rings is 2. The predicted molar refractivity (Wildman–Crippen MR) is 156 cm³/mol. The Balaban J connectivity index is 1.36. The van der Waals surface area contributed by atoms with Gasteiger partial charge >= 0.3 is 0 Å². The maximum atomic E-state index is 13.5. The summed E-state index contributed by atoms with van der Waals surface area (Å²) in [5.41, 5.74) is 8.44. The Hall–Kier alpha value is -4.40. The number of aromatic nitrogens is 2. The molecule has 0 unspecified atom stereocenters. The largest absolute Gasteiger partial charge is 0.382 e. The minimum Gasteiger partial charge on any atom is -0.382 e. The molecule has 2 saturated heterocycles. The molecule has 0 saturated carbocycles. The Morgan fingerprint density at radius 2 is 1.79 bits per heavy atom. The van der Waals surface area contributed by atoms with Crippen LogP contribution in [0.15, 0.2) is 42.6 Å². The summed E-state index contributed by atoms with van der Waals surface area (Å²) >= 11 is 0. The van der Waals surface area contributed by atoms with E-state index >= 15 is 0 Å². The summed E-state index contributed by atoms with van der Waals surface area (Å²) in [5, 5.41) is 14.7. The van der Waals surface area contributed by atoms with Crippen molar-refractivity contribution in [2.75, 3.05) is 44.4 Å². The van der Waals surface area contributed by atoms with Crippen LogP contribution in [-0.2, 0) is 4.74 Å². The van der Waals surface area contributed by atoms with Crippen LogP contribution in [0, 0.1) is 28.9 Å². The zero-order valence-electron chi connectivity index (χ0n) is 23.3. The van der Waals surface area contributed by atoms with Gasteiger partial charge in [0.15, 0.2) is 11.7 Å². The van der Waals surface area contributed by atoms with Crippen molar-refractivity contribution >= 4 is 23.2 Å². The van der Waals surface area contributed by atoms with Crippen molar-refractivity contribution in [3.8, 4) is 11.8 Å². The van der Waals surface area contributed by atoms with Crippen LogP contribution in [0.5, 0.6) is 0 Å². The third-order valence-electron chi connectivity index (χ3n) is 7.53. The van der Waals surface area contributed by atoms with Gasteiger partial charge in [0, 0.05) is 36.6 Å². The smallest absolute Gasteiger partial charge is 0.258 e. The zero-order valence-corrected chi connectivity index (χ0v) is 23.3. The Morgan fingerprint density at radius 3 is 2.50 bits per heavy atom. The highest BCUT2D eigenvalue weighted by molar-refractivity contribution is 6.14. The number of amidine groups is 1. The molecule has 0 radical (unpaired) electrons. The van der Waals surface area contributed by atoms with Crippen molar-refractivity contribution in [1.29, 1.82) is 5.41 Å². The molecular weight excluding hydrogens is 540 g/mol. The van der Waals surface area contributed by atoms with E-state index in [0.717, 1.165) is 57.0 Å². The van der Waals surface area contributed by atoms with Gasteiger partial charge in [-0.25, -0.2) is 18.7 Å². The van der Waals surface area contributed by atoms with Crippen LogP contribution in [0.25, 0.3) is 0 Å². The Labute approximate surface area is 243 Å². The molecule has 2 fully saturated rings. The molecule has 5 N–H and O–H groups in total. The molecule has 0 spiro atoms. The Bertz CT molecular complexity index is 1520. The van der Waals surface area contributed by atoms with Crippen LogP contribution in [0.1, 0.15) is 64.5 Å². The summed E-state index contributed by atoms with van der Waals surface area (Å²) in [5.74, 6) is 3.30. The van der Waals surface area contributed by atoms with Gasteiger partial charge in [-0.3, -0.25) is 10.2 Å². The van der Waals surface area contributed by atoms with E-state index in [2.05, 4.69) is 50.5 Å². The number of anilines is 2. The lowest BCUT2D eigenvalue weighted by Gasteiger charge is -2.30. The summed E-state index contributed by atoms with van der Waals surface area (Å²) < 4.78 is 32.5. The minimum atomic E-state index is -0.752. The second-order valence-corrected chi connectivity index (χ2v) is 10.6. The van der Waals surface area contributed by atoms with E-state index < -0.39 is 17.5 Å². The number of halogens is 2. The van der Waals surface area contributed by atoms with Gasteiger partial charge in [0.1, 0.15) is 23.0 Å². The third kappa shape index (κ3) is 7.26. The van der Waals surface area contributed by atoms with Gasteiger partial charge in [0.05, 0.1) is 11.8 Å². The number of nitrogens with zero attached hydrogens (tertiary/aromatic N) is 3. The van der Waals surface area contributed by atoms with E-state index in [9.17, 15) is 13.6 Å². The lowest BCUT2D eigenvalue weighted by atomic mass is 9.88. The van der Waals surface area contributed by atoms with Gasteiger partial charge in [-0.1, -0.05) is 12.0 Å².